The van der Waals surface area contributed by atoms with Gasteiger partial charge in [0.15, 0.2) is 0 Å². The van der Waals surface area contributed by atoms with Crippen LogP contribution in [0.4, 0.5) is 0 Å². The molecule has 0 saturated heterocycles. The van der Waals surface area contributed by atoms with Gasteiger partial charge >= 0.3 is 110 Å². The molecule has 1 nitrogen and oxygen atoms in total. The van der Waals surface area contributed by atoms with Crippen LogP contribution < -0.4 is 0 Å². The molecule has 0 fully saturated rings. The van der Waals surface area contributed by atoms with Gasteiger partial charge in [-0.2, -0.15) is 0 Å². The molecule has 2 aliphatic rings. The van der Waals surface area contributed by atoms with E-state index in [1.54, 1.807) is 0 Å². The van der Waals surface area contributed by atoms with Crippen LogP contribution in [0.5, 0.6) is 0 Å². The van der Waals surface area contributed by atoms with E-state index in [1.807, 2.05) is 6.92 Å². The van der Waals surface area contributed by atoms with Gasteiger partial charge in [0.25, 0.3) is 0 Å². The van der Waals surface area contributed by atoms with Gasteiger partial charge in [0.05, 0.1) is 0 Å². The molecule has 0 bridgehead atoms. The first kappa shape index (κ1) is 11.8. The average Bonchev–Trinajstić information content (AvgIpc) is 2.28. The molecule has 0 aliphatic heterocycles. The topological polar surface area (TPSA) is 23.9 Å². The van der Waals surface area contributed by atoms with Gasteiger partial charge in [0.2, 0.25) is 0 Å². The standard InChI is InChI=1S/C14H15N.Sn/c1-10-3-6-12(7-4-10)13-8-5-11(2)14(15)9-13;/h3,5-8,10,15H,4H2,1-2H3;. The summed E-state index contributed by atoms with van der Waals surface area (Å²) in [5.41, 5.74) is 4.32. The molecule has 0 aromatic carbocycles. The molecule has 2 aliphatic carbocycles. The molecule has 16 heavy (non-hydrogen) atoms. The van der Waals surface area contributed by atoms with Crippen molar-refractivity contribution < 1.29 is 0 Å². The van der Waals surface area contributed by atoms with E-state index in [0.29, 0.717) is 11.6 Å². The Morgan fingerprint density at radius 3 is 2.75 bits per heavy atom. The van der Waals surface area contributed by atoms with Crippen molar-refractivity contribution in [3.05, 3.63) is 47.1 Å². The van der Waals surface area contributed by atoms with Crippen molar-refractivity contribution in [1.29, 1.82) is 5.41 Å². The predicted molar refractivity (Wildman–Crippen MR) is 71.3 cm³/mol. The maximum atomic E-state index is 8.01. The molecular weight excluding hydrogens is 301 g/mol. The summed E-state index contributed by atoms with van der Waals surface area (Å²) in [6.45, 7) is 4.24. The molecule has 0 saturated carbocycles. The minimum atomic E-state index is 0.651. The van der Waals surface area contributed by atoms with Gasteiger partial charge in [-0.3, -0.25) is 0 Å². The molecule has 2 radical (unpaired) electrons. The second kappa shape index (κ2) is 4.66. The quantitative estimate of drug-likeness (QED) is 0.720. The first-order valence-corrected chi connectivity index (χ1v) is 6.98. The van der Waals surface area contributed by atoms with Crippen molar-refractivity contribution >= 4 is 31.3 Å². The van der Waals surface area contributed by atoms with E-state index in [9.17, 15) is 0 Å². The van der Waals surface area contributed by atoms with Crippen LogP contribution in [-0.4, -0.2) is 31.3 Å². The van der Waals surface area contributed by atoms with Gasteiger partial charge in [-0.05, 0) is 0 Å². The fraction of sp³-hybridized carbons (Fsp3) is 0.286. The Bertz CT molecular complexity index is 475. The van der Waals surface area contributed by atoms with E-state index in [0.717, 1.165) is 12.0 Å². The molecule has 80 valence electrons. The molecule has 0 heterocycles. The van der Waals surface area contributed by atoms with Gasteiger partial charge < -0.3 is 0 Å². The Kier molecular flexibility index (Phi) is 3.43. The van der Waals surface area contributed by atoms with Crippen LogP contribution in [0.25, 0.3) is 0 Å². The van der Waals surface area contributed by atoms with Gasteiger partial charge in [0.1, 0.15) is 0 Å². The second-order valence-electron chi connectivity index (χ2n) is 4.41. The van der Waals surface area contributed by atoms with Gasteiger partial charge in [0, 0.05) is 0 Å². The van der Waals surface area contributed by atoms with Crippen LogP contribution in [0.3, 0.4) is 0 Å². The molecule has 0 aromatic heterocycles. The zero-order valence-electron chi connectivity index (χ0n) is 9.67. The minimum absolute atomic E-state index is 0.651. The normalized spacial score (nSPS) is 25.1. The van der Waals surface area contributed by atoms with Gasteiger partial charge in [-0.15, -0.1) is 0 Å². The van der Waals surface area contributed by atoms with Crippen LogP contribution in [0.2, 0.25) is 0 Å². The van der Waals surface area contributed by atoms with Crippen molar-refractivity contribution in [3.8, 4) is 0 Å². The first-order valence-electron chi connectivity index (χ1n) is 5.55. The number of hydrogen-bond acceptors (Lipinski definition) is 1. The molecule has 0 aromatic rings. The molecule has 1 N–H and O–H groups in total. The predicted octanol–water partition coefficient (Wildman–Crippen LogP) is 2.76. The van der Waals surface area contributed by atoms with Crippen molar-refractivity contribution in [3.63, 3.8) is 0 Å². The number of allylic oxidation sites excluding steroid dienone is 8. The van der Waals surface area contributed by atoms with E-state index >= 15 is 0 Å². The first-order chi connectivity index (χ1) is 7.59. The monoisotopic (exact) mass is 317 g/mol. The van der Waals surface area contributed by atoms with E-state index < -0.39 is 0 Å². The van der Waals surface area contributed by atoms with Crippen molar-refractivity contribution in [2.45, 2.75) is 20.3 Å². The van der Waals surface area contributed by atoms with E-state index in [4.69, 9.17) is 5.41 Å². The number of rotatable bonds is 1. The van der Waals surface area contributed by atoms with E-state index in [2.05, 4.69) is 37.3 Å². The SMILES string of the molecule is CC1=CC=C(C2=CCC(C)C=C2)[C](=[Sn])C1=N. The molecule has 2 rings (SSSR count). The number of hydrogen-bond donors (Lipinski definition) is 1. The van der Waals surface area contributed by atoms with Crippen molar-refractivity contribution in [2.75, 3.05) is 0 Å². The molecule has 0 amide bonds. The Morgan fingerprint density at radius 2 is 2.12 bits per heavy atom. The van der Waals surface area contributed by atoms with Gasteiger partial charge in [-0.25, -0.2) is 0 Å². The third kappa shape index (κ3) is 2.19. The van der Waals surface area contributed by atoms with Crippen molar-refractivity contribution in [2.24, 2.45) is 5.92 Å². The molecule has 2 heteroatoms. The Balaban J connectivity index is 2.33. The van der Waals surface area contributed by atoms with Gasteiger partial charge in [-0.1, -0.05) is 0 Å². The summed E-state index contributed by atoms with van der Waals surface area (Å²) in [5.74, 6) is 0.651. The second-order valence-corrected chi connectivity index (χ2v) is 5.84. The maximum absolute atomic E-state index is 8.01. The van der Waals surface area contributed by atoms with Crippen LogP contribution in [0.1, 0.15) is 20.3 Å². The summed E-state index contributed by atoms with van der Waals surface area (Å²) in [5, 5.41) is 8.01. The fourth-order valence-corrected chi connectivity index (χ4v) is 3.09. The van der Waals surface area contributed by atoms with E-state index in [1.165, 1.54) is 36.7 Å². The zero-order valence-corrected chi connectivity index (χ0v) is 12.5. The number of nitrogens with one attached hydrogen (secondary N) is 1. The molecule has 1 unspecified atom stereocenters. The van der Waals surface area contributed by atoms with Crippen LogP contribution in [0, 0.1) is 11.3 Å². The van der Waals surface area contributed by atoms with Crippen LogP contribution >= 0.6 is 0 Å². The average molecular weight is 316 g/mol. The summed E-state index contributed by atoms with van der Waals surface area (Å²) in [6.07, 6.45) is 12.1. The summed E-state index contributed by atoms with van der Waals surface area (Å²) >= 11 is 1.33. The third-order valence-corrected chi connectivity index (χ3v) is 4.52. The summed E-state index contributed by atoms with van der Waals surface area (Å²) in [7, 11) is 0. The summed E-state index contributed by atoms with van der Waals surface area (Å²) < 4.78 is 1.18. The van der Waals surface area contributed by atoms with Crippen LogP contribution in [0.15, 0.2) is 47.1 Å². The zero-order chi connectivity index (χ0) is 11.7. The molecular formula is C14H15NSn. The molecule has 0 spiro atoms. The van der Waals surface area contributed by atoms with Crippen LogP contribution in [-0.2, 0) is 0 Å². The fourth-order valence-electron chi connectivity index (χ4n) is 1.87. The molecule has 1 atom stereocenters. The Hall–Kier alpha value is -0.701. The summed E-state index contributed by atoms with van der Waals surface area (Å²) in [6, 6.07) is 0. The summed E-state index contributed by atoms with van der Waals surface area (Å²) in [4.78, 5) is 0. The van der Waals surface area contributed by atoms with E-state index in [-0.39, 0.29) is 0 Å². The van der Waals surface area contributed by atoms with Crippen molar-refractivity contribution in [1.82, 2.24) is 0 Å². The third-order valence-electron chi connectivity index (χ3n) is 3.04. The Labute approximate surface area is 110 Å². The Morgan fingerprint density at radius 1 is 1.38 bits per heavy atom.